The number of nitrogens with one attached hydrogen (secondary N) is 1. The highest BCUT2D eigenvalue weighted by atomic mass is 35.5. The molecular weight excluding hydrogens is 653 g/mol. The molecule has 2 heterocycles. The summed E-state index contributed by atoms with van der Waals surface area (Å²) in [5.74, 6) is 0.522. The van der Waals surface area contributed by atoms with E-state index in [9.17, 15) is 9.36 Å². The minimum Gasteiger partial charge on any atom is -0.459 e. The number of para-hydroxylation sites is 1. The molecule has 0 fully saturated rings. The van der Waals surface area contributed by atoms with E-state index in [-0.39, 0.29) is 31.1 Å². The Balaban J connectivity index is 1.52. The first kappa shape index (κ1) is 35.3. The molecule has 0 spiro atoms. The Morgan fingerprint density at radius 2 is 1.71 bits per heavy atom. The molecule has 254 valence electrons. The third kappa shape index (κ3) is 8.92. The van der Waals surface area contributed by atoms with Crippen LogP contribution in [0.4, 0.5) is 5.82 Å². The van der Waals surface area contributed by atoms with E-state index in [1.54, 1.807) is 52.0 Å². The van der Waals surface area contributed by atoms with Crippen LogP contribution in [0.25, 0.3) is 21.9 Å². The fourth-order valence-corrected chi connectivity index (χ4v) is 7.04. The molecule has 0 aliphatic rings. The van der Waals surface area contributed by atoms with E-state index in [0.717, 1.165) is 16.5 Å². The van der Waals surface area contributed by atoms with Crippen LogP contribution in [0.2, 0.25) is 5.02 Å². The van der Waals surface area contributed by atoms with Gasteiger partial charge >= 0.3 is 13.7 Å². The number of anilines is 1. The Morgan fingerprint density at radius 3 is 2.40 bits per heavy atom. The van der Waals surface area contributed by atoms with Gasteiger partial charge in [0, 0.05) is 17.0 Å². The molecular formula is C35H41ClN5O6P. The van der Waals surface area contributed by atoms with Gasteiger partial charge in [0.15, 0.2) is 5.82 Å². The van der Waals surface area contributed by atoms with E-state index in [0.29, 0.717) is 28.5 Å². The molecule has 0 bridgehead atoms. The molecule has 3 atom stereocenters. The lowest BCUT2D eigenvalue weighted by Crippen LogP contribution is -2.42. The van der Waals surface area contributed by atoms with Crippen molar-refractivity contribution >= 4 is 53.1 Å². The minimum atomic E-state index is -4.29. The molecule has 0 unspecified atom stereocenters. The molecule has 11 nitrogen and oxygen atoms in total. The van der Waals surface area contributed by atoms with Crippen molar-refractivity contribution in [3.63, 3.8) is 0 Å². The molecule has 2 aromatic heterocycles. The molecule has 0 aliphatic carbocycles. The Kier molecular flexibility index (Phi) is 11.1. The number of hydrogen-bond acceptors (Lipinski definition) is 9. The fraction of sp³-hybridized carbons (Fsp3) is 0.343. The zero-order chi connectivity index (χ0) is 34.5. The summed E-state index contributed by atoms with van der Waals surface area (Å²) in [6, 6.07) is 22.3. The number of benzene rings is 3. The first-order valence-electron chi connectivity index (χ1n) is 15.7. The number of fused-ring (bicyclic) bond motifs is 3. The highest BCUT2D eigenvalue weighted by Crippen LogP contribution is 2.47. The lowest BCUT2D eigenvalue weighted by Gasteiger charge is -2.29. The van der Waals surface area contributed by atoms with Crippen molar-refractivity contribution in [3.8, 4) is 5.75 Å². The molecule has 0 radical (unpaired) electrons. The van der Waals surface area contributed by atoms with Crippen LogP contribution in [0.5, 0.6) is 5.75 Å². The number of pyridine rings is 1. The highest BCUT2D eigenvalue weighted by molar-refractivity contribution is 7.52. The number of carbonyl (C=O) groups excluding carboxylic acids is 1. The number of esters is 1. The van der Waals surface area contributed by atoms with Gasteiger partial charge < -0.3 is 24.3 Å². The maximum Gasteiger partial charge on any atom is 0.459 e. The monoisotopic (exact) mass is 693 g/mol. The topological polar surface area (TPSA) is 140 Å². The molecule has 3 N–H and O–H groups in total. The molecule has 13 heteroatoms. The van der Waals surface area contributed by atoms with Gasteiger partial charge in [-0.2, -0.15) is 5.09 Å². The van der Waals surface area contributed by atoms with E-state index in [4.69, 9.17) is 40.8 Å². The standard InChI is InChI=1S/C35H41ClN5O6P/c1-6-44-22-30-39-31-32(27-14-10-11-15-28(27)38-33(31)37)41(30)21-23(2)46-48(43,47-26-18-16-25(36)17-19-26)40-29(34(42)45-35(3,4)5)20-24-12-8-7-9-13-24/h7-19,23,29H,6,20-22H2,1-5H3,(H2,37,38)(H,40,43)/t23-,29+,48+/m1/s1. The fourth-order valence-electron chi connectivity index (χ4n) is 5.24. The van der Waals surface area contributed by atoms with Gasteiger partial charge in [-0.25, -0.2) is 14.5 Å². The third-order valence-electron chi connectivity index (χ3n) is 7.21. The van der Waals surface area contributed by atoms with Crippen LogP contribution < -0.4 is 15.3 Å². The van der Waals surface area contributed by atoms with E-state index < -0.39 is 31.5 Å². The Bertz CT molecular complexity index is 1910. The van der Waals surface area contributed by atoms with Crippen molar-refractivity contribution in [1.29, 1.82) is 0 Å². The van der Waals surface area contributed by atoms with Gasteiger partial charge in [-0.05, 0) is 76.9 Å². The van der Waals surface area contributed by atoms with Crippen molar-refractivity contribution in [1.82, 2.24) is 19.6 Å². The maximum absolute atomic E-state index is 14.8. The number of halogens is 1. The van der Waals surface area contributed by atoms with Crippen LogP contribution in [-0.2, 0) is 42.9 Å². The summed E-state index contributed by atoms with van der Waals surface area (Å²) < 4.78 is 40.5. The highest BCUT2D eigenvalue weighted by Gasteiger charge is 2.38. The average Bonchev–Trinajstić information content (AvgIpc) is 3.39. The Morgan fingerprint density at radius 1 is 1.02 bits per heavy atom. The summed E-state index contributed by atoms with van der Waals surface area (Å²) >= 11 is 6.11. The van der Waals surface area contributed by atoms with Gasteiger partial charge in [0.2, 0.25) is 0 Å². The molecule has 5 aromatic rings. The molecule has 3 aromatic carbocycles. The molecule has 0 aliphatic heterocycles. The molecule has 0 saturated carbocycles. The van der Waals surface area contributed by atoms with Gasteiger partial charge in [-0.15, -0.1) is 0 Å². The molecule has 48 heavy (non-hydrogen) atoms. The SMILES string of the molecule is CCOCc1nc2c(N)nc3ccccc3c2n1C[C@@H](C)O[P@@](=O)(N[C@@H](Cc1ccccc1)C(=O)OC(C)(C)C)Oc1ccc(Cl)cc1. The summed E-state index contributed by atoms with van der Waals surface area (Å²) in [5, 5.41) is 4.24. The second-order valence-electron chi connectivity index (χ2n) is 12.4. The van der Waals surface area contributed by atoms with Gasteiger partial charge in [0.05, 0.1) is 23.7 Å². The Labute approximate surface area is 285 Å². The second kappa shape index (κ2) is 15.1. The summed E-state index contributed by atoms with van der Waals surface area (Å²) in [5.41, 5.74) is 8.39. The maximum atomic E-state index is 14.8. The van der Waals surface area contributed by atoms with Crippen molar-refractivity contribution in [2.45, 2.75) is 71.9 Å². The van der Waals surface area contributed by atoms with Gasteiger partial charge in [-0.3, -0.25) is 9.32 Å². The number of nitrogens with zero attached hydrogens (tertiary/aromatic N) is 3. The molecule has 0 amide bonds. The summed E-state index contributed by atoms with van der Waals surface area (Å²) in [6.45, 7) is 9.86. The Hall–Kier alpha value is -3.99. The number of imidazole rings is 1. The number of rotatable bonds is 14. The summed E-state index contributed by atoms with van der Waals surface area (Å²) in [7, 11) is -4.29. The average molecular weight is 694 g/mol. The first-order valence-corrected chi connectivity index (χ1v) is 17.7. The lowest BCUT2D eigenvalue weighted by molar-refractivity contribution is -0.157. The van der Waals surface area contributed by atoms with Crippen LogP contribution in [0.15, 0.2) is 78.9 Å². The number of nitrogens with two attached hydrogens (primary N) is 1. The summed E-state index contributed by atoms with van der Waals surface area (Å²) in [6.07, 6.45) is -0.567. The quantitative estimate of drug-likeness (QED) is 0.0888. The van der Waals surface area contributed by atoms with Crippen LogP contribution in [0, 0.1) is 0 Å². The number of carbonyl (C=O) groups is 1. The number of aromatic nitrogens is 3. The smallest absolute Gasteiger partial charge is 0.459 e. The van der Waals surface area contributed by atoms with E-state index in [1.807, 2.05) is 66.1 Å². The van der Waals surface area contributed by atoms with Crippen LogP contribution in [0.1, 0.15) is 46.0 Å². The normalized spacial score (nSPS) is 14.5. The zero-order valence-corrected chi connectivity index (χ0v) is 29.3. The van der Waals surface area contributed by atoms with Gasteiger partial charge in [0.25, 0.3) is 0 Å². The number of hydrogen-bond donors (Lipinski definition) is 2. The number of ether oxygens (including phenoxy) is 2. The third-order valence-corrected chi connectivity index (χ3v) is 9.18. The molecule has 0 saturated heterocycles. The van der Waals surface area contributed by atoms with Crippen LogP contribution in [0.3, 0.4) is 0 Å². The predicted octanol–water partition coefficient (Wildman–Crippen LogP) is 7.49. The number of nitrogen functional groups attached to an aromatic ring is 1. The van der Waals surface area contributed by atoms with E-state index >= 15 is 0 Å². The lowest BCUT2D eigenvalue weighted by atomic mass is 10.1. The zero-order valence-electron chi connectivity index (χ0n) is 27.7. The van der Waals surface area contributed by atoms with Crippen LogP contribution in [-0.4, -0.2) is 44.9 Å². The largest absolute Gasteiger partial charge is 0.459 e. The minimum absolute atomic E-state index is 0.171. The van der Waals surface area contributed by atoms with Crippen molar-refractivity contribution in [3.05, 3.63) is 95.3 Å². The van der Waals surface area contributed by atoms with Crippen LogP contribution >= 0.6 is 19.3 Å². The van der Waals surface area contributed by atoms with Crippen molar-refractivity contribution in [2.75, 3.05) is 12.3 Å². The van der Waals surface area contributed by atoms with Gasteiger partial charge in [-0.1, -0.05) is 60.1 Å². The second-order valence-corrected chi connectivity index (χ2v) is 14.4. The predicted molar refractivity (Wildman–Crippen MR) is 188 cm³/mol. The van der Waals surface area contributed by atoms with E-state index in [2.05, 4.69) is 10.1 Å². The van der Waals surface area contributed by atoms with Crippen molar-refractivity contribution < 1.29 is 27.9 Å². The van der Waals surface area contributed by atoms with Crippen molar-refractivity contribution in [2.24, 2.45) is 0 Å². The van der Waals surface area contributed by atoms with E-state index in [1.165, 1.54) is 0 Å². The summed E-state index contributed by atoms with van der Waals surface area (Å²) in [4.78, 5) is 22.9. The first-order chi connectivity index (χ1) is 22.8. The molecule has 5 rings (SSSR count). The van der Waals surface area contributed by atoms with Gasteiger partial charge in [0.1, 0.15) is 35.3 Å².